The zero-order chi connectivity index (χ0) is 18.7. The minimum atomic E-state index is -0.482. The highest BCUT2D eigenvalue weighted by molar-refractivity contribution is 5.87. The molecule has 4 heteroatoms. The van der Waals surface area contributed by atoms with Gasteiger partial charge in [-0.1, -0.05) is 36.4 Å². The first-order chi connectivity index (χ1) is 12.4. The molecule has 2 aromatic carbocycles. The van der Waals surface area contributed by atoms with Crippen LogP contribution in [0, 0.1) is 0 Å². The van der Waals surface area contributed by atoms with Crippen LogP contribution in [-0.2, 0) is 16.1 Å². The van der Waals surface area contributed by atoms with Gasteiger partial charge >= 0.3 is 5.97 Å². The highest BCUT2D eigenvalue weighted by Crippen LogP contribution is 2.25. The van der Waals surface area contributed by atoms with E-state index >= 15 is 0 Å². The van der Waals surface area contributed by atoms with Crippen LogP contribution in [0.15, 0.2) is 54.6 Å². The fraction of sp³-hybridized carbons (Fsp3) is 0.273. The molecule has 26 heavy (non-hydrogen) atoms. The summed E-state index contributed by atoms with van der Waals surface area (Å²) < 4.78 is 7.49. The highest BCUT2D eigenvalue weighted by Gasteiger charge is 2.14. The van der Waals surface area contributed by atoms with Crippen molar-refractivity contribution in [2.75, 3.05) is 0 Å². The first-order valence-corrected chi connectivity index (χ1v) is 8.84. The van der Waals surface area contributed by atoms with E-state index in [-0.39, 0.29) is 5.97 Å². The maximum atomic E-state index is 11.8. The summed E-state index contributed by atoms with van der Waals surface area (Å²) in [7, 11) is 0. The van der Waals surface area contributed by atoms with Crippen LogP contribution in [-0.4, -0.2) is 21.1 Å². The van der Waals surface area contributed by atoms with E-state index in [1.165, 1.54) is 6.08 Å². The Morgan fingerprint density at radius 3 is 2.46 bits per heavy atom. The van der Waals surface area contributed by atoms with Gasteiger partial charge in [0.25, 0.3) is 0 Å². The van der Waals surface area contributed by atoms with E-state index in [2.05, 4.69) is 17.6 Å². The maximum Gasteiger partial charge on any atom is 0.331 e. The molecule has 4 nitrogen and oxygen atoms in total. The molecule has 134 valence electrons. The number of benzene rings is 2. The molecule has 3 aromatic rings. The molecule has 0 spiro atoms. The number of nitrogens with zero attached hydrogens (tertiary/aromatic N) is 2. The third-order valence-corrected chi connectivity index (χ3v) is 3.96. The Morgan fingerprint density at radius 1 is 1.12 bits per heavy atom. The van der Waals surface area contributed by atoms with Crippen molar-refractivity contribution >= 4 is 23.1 Å². The van der Waals surface area contributed by atoms with Crippen LogP contribution >= 0.6 is 0 Å². The van der Waals surface area contributed by atoms with Crippen molar-refractivity contribution in [2.45, 2.75) is 39.8 Å². The van der Waals surface area contributed by atoms with Gasteiger partial charge in [-0.25, -0.2) is 9.78 Å². The SMILES string of the molecule is CCn1c(-c2ccc(/C=C/C(=O)OC(C)(C)C)cc2)nc2ccccc21. The van der Waals surface area contributed by atoms with Crippen molar-refractivity contribution in [3.63, 3.8) is 0 Å². The fourth-order valence-electron chi connectivity index (χ4n) is 2.86. The molecule has 0 unspecified atom stereocenters. The van der Waals surface area contributed by atoms with Gasteiger partial charge in [0.05, 0.1) is 11.0 Å². The lowest BCUT2D eigenvalue weighted by molar-refractivity contribution is -0.148. The van der Waals surface area contributed by atoms with Gasteiger partial charge in [-0.3, -0.25) is 0 Å². The lowest BCUT2D eigenvalue weighted by atomic mass is 10.1. The predicted octanol–water partition coefficient (Wildman–Crippen LogP) is 5.08. The summed E-state index contributed by atoms with van der Waals surface area (Å²) in [6, 6.07) is 16.2. The van der Waals surface area contributed by atoms with E-state index in [0.717, 1.165) is 34.5 Å². The minimum Gasteiger partial charge on any atom is -0.457 e. The number of carbonyl (C=O) groups is 1. The van der Waals surface area contributed by atoms with Crippen LogP contribution < -0.4 is 0 Å². The smallest absolute Gasteiger partial charge is 0.331 e. The molecule has 0 N–H and O–H groups in total. The third-order valence-electron chi connectivity index (χ3n) is 3.96. The molecule has 1 heterocycles. The largest absolute Gasteiger partial charge is 0.457 e. The van der Waals surface area contributed by atoms with Crippen molar-refractivity contribution in [1.29, 1.82) is 0 Å². The van der Waals surface area contributed by atoms with Gasteiger partial charge in [0, 0.05) is 18.2 Å². The summed E-state index contributed by atoms with van der Waals surface area (Å²) in [5, 5.41) is 0. The Bertz CT molecular complexity index is 944. The molecule has 0 atom stereocenters. The second kappa shape index (κ2) is 7.16. The van der Waals surface area contributed by atoms with E-state index in [9.17, 15) is 4.79 Å². The molecule has 0 radical (unpaired) electrons. The fourth-order valence-corrected chi connectivity index (χ4v) is 2.86. The lowest BCUT2D eigenvalue weighted by Gasteiger charge is -2.17. The lowest BCUT2D eigenvalue weighted by Crippen LogP contribution is -2.22. The summed E-state index contributed by atoms with van der Waals surface area (Å²) in [5.41, 5.74) is 3.65. The summed E-state index contributed by atoms with van der Waals surface area (Å²) in [4.78, 5) is 16.5. The van der Waals surface area contributed by atoms with Crippen LogP contribution in [0.5, 0.6) is 0 Å². The number of rotatable bonds is 4. The number of hydrogen-bond acceptors (Lipinski definition) is 3. The van der Waals surface area contributed by atoms with Gasteiger partial charge in [0.15, 0.2) is 0 Å². The average molecular weight is 348 g/mol. The number of hydrogen-bond donors (Lipinski definition) is 0. The van der Waals surface area contributed by atoms with E-state index in [1.807, 2.05) is 63.2 Å². The second-order valence-electron chi connectivity index (χ2n) is 7.16. The van der Waals surface area contributed by atoms with E-state index in [0.29, 0.717) is 0 Å². The van der Waals surface area contributed by atoms with Crippen molar-refractivity contribution in [1.82, 2.24) is 9.55 Å². The van der Waals surface area contributed by atoms with Crippen molar-refractivity contribution in [3.8, 4) is 11.4 Å². The van der Waals surface area contributed by atoms with Gasteiger partial charge in [0.2, 0.25) is 0 Å². The Hall–Kier alpha value is -2.88. The molecule has 3 rings (SSSR count). The number of carbonyl (C=O) groups excluding carboxylic acids is 1. The minimum absolute atomic E-state index is 0.339. The number of ether oxygens (including phenoxy) is 1. The Balaban J connectivity index is 1.83. The first kappa shape index (κ1) is 17.9. The van der Waals surface area contributed by atoms with Gasteiger partial charge in [-0.15, -0.1) is 0 Å². The normalized spacial score (nSPS) is 12.0. The molecular weight excluding hydrogens is 324 g/mol. The summed E-state index contributed by atoms with van der Waals surface area (Å²) >= 11 is 0. The average Bonchev–Trinajstić information content (AvgIpc) is 2.97. The van der Waals surface area contributed by atoms with Gasteiger partial charge in [-0.2, -0.15) is 0 Å². The number of imidazole rings is 1. The standard InChI is InChI=1S/C22H24N2O2/c1-5-24-19-9-7-6-8-18(19)23-21(24)17-13-10-16(11-14-17)12-15-20(25)26-22(2,3)4/h6-15H,5H2,1-4H3/b15-12+. The summed E-state index contributed by atoms with van der Waals surface area (Å²) in [5.74, 6) is 0.616. The Labute approximate surface area is 154 Å². The van der Waals surface area contributed by atoms with Crippen molar-refractivity contribution in [3.05, 3.63) is 60.2 Å². The molecule has 1 aromatic heterocycles. The van der Waals surface area contributed by atoms with Crippen molar-refractivity contribution in [2.24, 2.45) is 0 Å². The van der Waals surface area contributed by atoms with Crippen LogP contribution in [0.25, 0.3) is 28.5 Å². The number of aryl methyl sites for hydroxylation is 1. The topological polar surface area (TPSA) is 44.1 Å². The number of para-hydroxylation sites is 2. The van der Waals surface area contributed by atoms with Gasteiger partial charge in [-0.05, 0) is 51.5 Å². The molecule has 0 aliphatic rings. The van der Waals surface area contributed by atoms with Crippen molar-refractivity contribution < 1.29 is 9.53 Å². The van der Waals surface area contributed by atoms with Crippen LogP contribution in [0.3, 0.4) is 0 Å². The highest BCUT2D eigenvalue weighted by atomic mass is 16.6. The zero-order valence-electron chi connectivity index (χ0n) is 15.7. The van der Waals surface area contributed by atoms with Gasteiger partial charge < -0.3 is 9.30 Å². The molecule has 0 amide bonds. The number of esters is 1. The van der Waals surface area contributed by atoms with Crippen LogP contribution in [0.1, 0.15) is 33.3 Å². The zero-order valence-corrected chi connectivity index (χ0v) is 15.7. The quantitative estimate of drug-likeness (QED) is 0.488. The number of fused-ring (bicyclic) bond motifs is 1. The Morgan fingerprint density at radius 2 is 1.81 bits per heavy atom. The molecule has 0 bridgehead atoms. The molecule has 0 fully saturated rings. The summed E-state index contributed by atoms with van der Waals surface area (Å²) in [6.45, 7) is 8.54. The first-order valence-electron chi connectivity index (χ1n) is 8.84. The monoisotopic (exact) mass is 348 g/mol. The number of aromatic nitrogens is 2. The van der Waals surface area contributed by atoms with E-state index in [1.54, 1.807) is 6.08 Å². The molecular formula is C22H24N2O2. The van der Waals surface area contributed by atoms with E-state index in [4.69, 9.17) is 9.72 Å². The molecule has 0 aliphatic carbocycles. The van der Waals surface area contributed by atoms with Crippen LogP contribution in [0.2, 0.25) is 0 Å². The predicted molar refractivity (Wildman–Crippen MR) is 106 cm³/mol. The molecule has 0 saturated carbocycles. The van der Waals surface area contributed by atoms with Crippen LogP contribution in [0.4, 0.5) is 0 Å². The van der Waals surface area contributed by atoms with Gasteiger partial charge in [0.1, 0.15) is 11.4 Å². The molecule has 0 aliphatic heterocycles. The third kappa shape index (κ3) is 4.02. The van der Waals surface area contributed by atoms with E-state index < -0.39 is 5.60 Å². The second-order valence-corrected chi connectivity index (χ2v) is 7.16. The molecule has 0 saturated heterocycles. The summed E-state index contributed by atoms with van der Waals surface area (Å²) in [6.07, 6.45) is 3.22. The Kier molecular flexibility index (Phi) is 4.94. The maximum absolute atomic E-state index is 11.8.